The lowest BCUT2D eigenvalue weighted by Gasteiger charge is -2.30. The lowest BCUT2D eigenvalue weighted by molar-refractivity contribution is -0.122. The molecule has 0 atom stereocenters. The molecule has 0 bridgehead atoms. The highest BCUT2D eigenvalue weighted by Crippen LogP contribution is 2.41. The van der Waals surface area contributed by atoms with Gasteiger partial charge in [-0.2, -0.15) is 0 Å². The van der Waals surface area contributed by atoms with Gasteiger partial charge in [0.15, 0.2) is 0 Å². The van der Waals surface area contributed by atoms with Gasteiger partial charge in [-0.15, -0.1) is 0 Å². The maximum Gasteiger partial charge on any atom is 0.265 e. The molecule has 3 aromatic rings. The van der Waals surface area contributed by atoms with Gasteiger partial charge in [0.2, 0.25) is 5.91 Å². The highest BCUT2D eigenvalue weighted by Gasteiger charge is 2.30. The molecular weight excluding hydrogens is 466 g/mol. The van der Waals surface area contributed by atoms with Gasteiger partial charge >= 0.3 is 0 Å². The topological polar surface area (TPSA) is 52.7 Å². The van der Waals surface area contributed by atoms with Gasteiger partial charge in [-0.3, -0.25) is 19.4 Å². The number of hydrogen-bond acceptors (Lipinski definition) is 4. The summed E-state index contributed by atoms with van der Waals surface area (Å²) in [4.78, 5) is 31.8. The summed E-state index contributed by atoms with van der Waals surface area (Å²) in [7, 11) is 0. The Labute approximate surface area is 218 Å². The van der Waals surface area contributed by atoms with Crippen molar-refractivity contribution in [3.8, 4) is 0 Å². The Balaban J connectivity index is 1.41. The fraction of sp³-hybridized carbons (Fsp3) is 0.267. The molecule has 0 aliphatic carbocycles. The fourth-order valence-corrected chi connectivity index (χ4v) is 5.17. The third-order valence-electron chi connectivity index (χ3n) is 6.19. The molecule has 3 aromatic carbocycles. The summed E-state index contributed by atoms with van der Waals surface area (Å²) in [5.41, 5.74) is 4.16. The third-order valence-corrected chi connectivity index (χ3v) is 7.27. The predicted octanol–water partition coefficient (Wildman–Crippen LogP) is 5.50. The number of amides is 2. The molecule has 0 saturated heterocycles. The first kappa shape index (κ1) is 25.7. The lowest BCUT2D eigenvalue weighted by Crippen LogP contribution is -2.45. The normalized spacial score (nSPS) is 14.4. The van der Waals surface area contributed by atoms with E-state index in [0.29, 0.717) is 17.5 Å². The van der Waals surface area contributed by atoms with Crippen LogP contribution in [0.1, 0.15) is 30.5 Å². The summed E-state index contributed by atoms with van der Waals surface area (Å²) in [5.74, 6) is -0.314. The number of nitrogens with one attached hydrogen (secondary N) is 1. The Bertz CT molecular complexity index is 1220. The van der Waals surface area contributed by atoms with Gasteiger partial charge in [-0.25, -0.2) is 0 Å². The quantitative estimate of drug-likeness (QED) is 0.395. The van der Waals surface area contributed by atoms with Crippen LogP contribution in [0.3, 0.4) is 0 Å². The molecule has 186 valence electrons. The van der Waals surface area contributed by atoms with Gasteiger partial charge in [0.25, 0.3) is 5.91 Å². The SMILES string of the molecule is Cc1ccc(/C=C2\Sc3ccccc3N(CC(=O)NCCN(Cc3ccccc3)C(C)C)C2=O)cc1. The van der Waals surface area contributed by atoms with Crippen molar-refractivity contribution in [2.24, 2.45) is 0 Å². The van der Waals surface area contributed by atoms with E-state index in [1.807, 2.05) is 79.7 Å². The summed E-state index contributed by atoms with van der Waals surface area (Å²) in [6.45, 7) is 8.43. The van der Waals surface area contributed by atoms with Gasteiger partial charge < -0.3 is 5.32 Å². The van der Waals surface area contributed by atoms with E-state index in [9.17, 15) is 9.59 Å². The van der Waals surface area contributed by atoms with Crippen LogP contribution in [0.5, 0.6) is 0 Å². The number of rotatable bonds is 9. The number of anilines is 1. The van der Waals surface area contributed by atoms with Crippen molar-refractivity contribution < 1.29 is 9.59 Å². The second-order valence-electron chi connectivity index (χ2n) is 9.28. The van der Waals surface area contributed by atoms with E-state index in [1.165, 1.54) is 22.9 Å². The fourth-order valence-electron chi connectivity index (χ4n) is 4.11. The Kier molecular flexibility index (Phi) is 8.62. The van der Waals surface area contributed by atoms with Crippen LogP contribution in [0.25, 0.3) is 6.08 Å². The molecule has 0 radical (unpaired) electrons. The highest BCUT2D eigenvalue weighted by molar-refractivity contribution is 8.04. The second-order valence-corrected chi connectivity index (χ2v) is 10.4. The number of hydrogen-bond donors (Lipinski definition) is 1. The summed E-state index contributed by atoms with van der Waals surface area (Å²) in [6.07, 6.45) is 1.90. The zero-order valence-corrected chi connectivity index (χ0v) is 21.9. The Morgan fingerprint density at radius 3 is 2.42 bits per heavy atom. The van der Waals surface area contributed by atoms with Crippen molar-refractivity contribution in [3.63, 3.8) is 0 Å². The zero-order valence-electron chi connectivity index (χ0n) is 21.1. The van der Waals surface area contributed by atoms with E-state index in [4.69, 9.17) is 0 Å². The van der Waals surface area contributed by atoms with E-state index in [0.717, 1.165) is 29.2 Å². The summed E-state index contributed by atoms with van der Waals surface area (Å²) >= 11 is 1.45. The molecule has 36 heavy (non-hydrogen) atoms. The summed E-state index contributed by atoms with van der Waals surface area (Å²) in [6, 6.07) is 26.5. The van der Waals surface area contributed by atoms with Gasteiger partial charge in [0.1, 0.15) is 6.54 Å². The van der Waals surface area contributed by atoms with Crippen molar-refractivity contribution in [1.29, 1.82) is 0 Å². The number of para-hydroxylation sites is 1. The van der Waals surface area contributed by atoms with E-state index in [1.54, 1.807) is 4.90 Å². The van der Waals surface area contributed by atoms with Crippen molar-refractivity contribution in [2.75, 3.05) is 24.5 Å². The number of nitrogens with zero attached hydrogens (tertiary/aromatic N) is 2. The summed E-state index contributed by atoms with van der Waals surface area (Å²) < 4.78 is 0. The second kappa shape index (κ2) is 12.1. The molecule has 1 heterocycles. The lowest BCUT2D eigenvalue weighted by atomic mass is 10.1. The largest absolute Gasteiger partial charge is 0.353 e. The Morgan fingerprint density at radius 2 is 1.69 bits per heavy atom. The van der Waals surface area contributed by atoms with Crippen molar-refractivity contribution in [3.05, 3.63) is 100 Å². The number of fused-ring (bicyclic) bond motifs is 1. The first-order chi connectivity index (χ1) is 17.4. The molecule has 1 aliphatic rings. The van der Waals surface area contributed by atoms with Crippen LogP contribution in [0.2, 0.25) is 0 Å². The maximum atomic E-state index is 13.4. The standard InChI is InChI=1S/C30H33N3O2S/c1-22(2)32(20-25-9-5-4-6-10-25)18-17-31-29(34)21-33-26-11-7-8-12-27(26)36-28(30(33)35)19-24-15-13-23(3)14-16-24/h4-16,19,22H,17-18,20-21H2,1-3H3,(H,31,34)/b28-19-. The molecule has 0 aromatic heterocycles. The highest BCUT2D eigenvalue weighted by atomic mass is 32.2. The Hall–Kier alpha value is -3.35. The van der Waals surface area contributed by atoms with E-state index in [-0.39, 0.29) is 18.4 Å². The van der Waals surface area contributed by atoms with Crippen LogP contribution in [0.4, 0.5) is 5.69 Å². The van der Waals surface area contributed by atoms with Crippen molar-refractivity contribution >= 4 is 35.3 Å². The monoisotopic (exact) mass is 499 g/mol. The maximum absolute atomic E-state index is 13.4. The van der Waals surface area contributed by atoms with Crippen LogP contribution in [-0.4, -0.2) is 42.4 Å². The van der Waals surface area contributed by atoms with E-state index in [2.05, 4.69) is 36.2 Å². The van der Waals surface area contributed by atoms with Gasteiger partial charge in [-0.1, -0.05) is 84.1 Å². The molecule has 0 unspecified atom stereocenters. The number of carbonyl (C=O) groups is 2. The summed E-state index contributed by atoms with van der Waals surface area (Å²) in [5, 5.41) is 3.02. The minimum Gasteiger partial charge on any atom is -0.353 e. The Morgan fingerprint density at radius 1 is 1.00 bits per heavy atom. The van der Waals surface area contributed by atoms with E-state index < -0.39 is 0 Å². The molecular formula is C30H33N3O2S. The first-order valence-corrected chi connectivity index (χ1v) is 13.1. The molecule has 0 saturated carbocycles. The minimum absolute atomic E-state index is 0.0119. The predicted molar refractivity (Wildman–Crippen MR) is 149 cm³/mol. The number of thioether (sulfide) groups is 1. The van der Waals surface area contributed by atoms with Gasteiger partial charge in [0, 0.05) is 30.6 Å². The number of benzene rings is 3. The number of aryl methyl sites for hydroxylation is 1. The minimum atomic E-state index is -0.164. The van der Waals surface area contributed by atoms with E-state index >= 15 is 0 Å². The molecule has 2 amide bonds. The van der Waals surface area contributed by atoms with Crippen LogP contribution < -0.4 is 10.2 Å². The average Bonchev–Trinajstić information content (AvgIpc) is 2.87. The molecule has 6 heteroatoms. The molecule has 4 rings (SSSR count). The van der Waals surface area contributed by atoms with Crippen LogP contribution >= 0.6 is 11.8 Å². The number of carbonyl (C=O) groups excluding carboxylic acids is 2. The average molecular weight is 500 g/mol. The molecule has 1 aliphatic heterocycles. The molecule has 0 fully saturated rings. The van der Waals surface area contributed by atoms with Crippen molar-refractivity contribution in [2.45, 2.75) is 38.3 Å². The molecule has 0 spiro atoms. The van der Waals surface area contributed by atoms with Crippen molar-refractivity contribution in [1.82, 2.24) is 10.2 Å². The van der Waals surface area contributed by atoms with Gasteiger partial charge in [0.05, 0.1) is 10.6 Å². The van der Waals surface area contributed by atoms with Crippen LogP contribution in [0.15, 0.2) is 88.7 Å². The molecule has 5 nitrogen and oxygen atoms in total. The smallest absolute Gasteiger partial charge is 0.265 e. The first-order valence-electron chi connectivity index (χ1n) is 12.3. The molecule has 1 N–H and O–H groups in total. The third kappa shape index (κ3) is 6.65. The van der Waals surface area contributed by atoms with Crippen LogP contribution in [0, 0.1) is 6.92 Å². The van der Waals surface area contributed by atoms with Crippen LogP contribution in [-0.2, 0) is 16.1 Å². The zero-order chi connectivity index (χ0) is 25.5. The van der Waals surface area contributed by atoms with Gasteiger partial charge in [-0.05, 0) is 50.1 Å².